The van der Waals surface area contributed by atoms with Crippen molar-refractivity contribution >= 4 is 23.3 Å². The van der Waals surface area contributed by atoms with Crippen LogP contribution in [0.15, 0.2) is 36.4 Å². The predicted octanol–water partition coefficient (Wildman–Crippen LogP) is 4.36. The summed E-state index contributed by atoms with van der Waals surface area (Å²) in [5, 5.41) is 11.0. The Morgan fingerprint density at radius 2 is 2.04 bits per heavy atom. The van der Waals surface area contributed by atoms with Crippen LogP contribution in [0.4, 0.5) is 10.1 Å². The zero-order valence-corrected chi connectivity index (χ0v) is 12.7. The van der Waals surface area contributed by atoms with Crippen molar-refractivity contribution in [3.8, 4) is 11.5 Å². The van der Waals surface area contributed by atoms with Gasteiger partial charge in [0.1, 0.15) is 22.9 Å². The fourth-order valence-corrected chi connectivity index (χ4v) is 2.00. The summed E-state index contributed by atoms with van der Waals surface area (Å²) < 4.78 is 23.2. The number of rotatable bonds is 5. The largest absolute Gasteiger partial charge is 0.462 e. The molecule has 0 bridgehead atoms. The number of nitro benzene ring substituents is 1. The second-order valence-corrected chi connectivity index (χ2v) is 4.74. The normalized spacial score (nSPS) is 10.2. The smallest absolute Gasteiger partial charge is 0.345 e. The first kappa shape index (κ1) is 16.7. The monoisotopic (exact) mass is 339 g/mol. The van der Waals surface area contributed by atoms with E-state index in [2.05, 4.69) is 0 Å². The fraction of sp³-hybridized carbons (Fsp3) is 0.133. The minimum atomic E-state index is -0.838. The number of benzene rings is 2. The van der Waals surface area contributed by atoms with Gasteiger partial charge in [-0.15, -0.1) is 0 Å². The highest BCUT2D eigenvalue weighted by Crippen LogP contribution is 2.32. The number of carbonyl (C=O) groups is 1. The molecule has 0 aliphatic carbocycles. The molecule has 0 saturated heterocycles. The van der Waals surface area contributed by atoms with Crippen LogP contribution in [-0.4, -0.2) is 17.5 Å². The molecule has 6 nitrogen and oxygen atoms in total. The molecule has 0 atom stereocenters. The second kappa shape index (κ2) is 7.06. The molecular weight excluding hydrogens is 329 g/mol. The van der Waals surface area contributed by atoms with Gasteiger partial charge < -0.3 is 9.47 Å². The van der Waals surface area contributed by atoms with Gasteiger partial charge in [-0.1, -0.05) is 11.6 Å². The predicted molar refractivity (Wildman–Crippen MR) is 80.5 cm³/mol. The molecule has 2 aromatic rings. The van der Waals surface area contributed by atoms with Gasteiger partial charge in [-0.2, -0.15) is 0 Å². The molecule has 0 aliphatic rings. The van der Waals surface area contributed by atoms with Gasteiger partial charge in [0.05, 0.1) is 16.6 Å². The van der Waals surface area contributed by atoms with Gasteiger partial charge >= 0.3 is 5.97 Å². The lowest BCUT2D eigenvalue weighted by molar-refractivity contribution is -0.385. The Kier molecular flexibility index (Phi) is 5.13. The lowest BCUT2D eigenvalue weighted by atomic mass is 10.1. The molecule has 0 aliphatic heterocycles. The van der Waals surface area contributed by atoms with Crippen LogP contribution in [0.5, 0.6) is 11.5 Å². The number of nitro groups is 1. The summed E-state index contributed by atoms with van der Waals surface area (Å²) in [4.78, 5) is 22.1. The SMILES string of the molecule is CCOC(=O)c1cc(Oc2ccc(F)cc2Cl)ccc1[N+](=O)[O-]. The van der Waals surface area contributed by atoms with E-state index in [1.54, 1.807) is 6.92 Å². The minimum Gasteiger partial charge on any atom is -0.462 e. The van der Waals surface area contributed by atoms with E-state index in [4.69, 9.17) is 21.1 Å². The molecule has 0 saturated carbocycles. The zero-order valence-electron chi connectivity index (χ0n) is 11.9. The Labute approximate surface area is 135 Å². The summed E-state index contributed by atoms with van der Waals surface area (Å²) in [6.07, 6.45) is 0. The maximum absolute atomic E-state index is 13.0. The van der Waals surface area contributed by atoms with Gasteiger partial charge in [0.2, 0.25) is 0 Å². The minimum absolute atomic E-state index is 0.0287. The fourth-order valence-electron chi connectivity index (χ4n) is 1.80. The first-order chi connectivity index (χ1) is 10.9. The summed E-state index contributed by atoms with van der Waals surface area (Å²) >= 11 is 5.85. The molecule has 0 spiro atoms. The Bertz CT molecular complexity index is 766. The van der Waals surface area contributed by atoms with E-state index in [-0.39, 0.29) is 28.7 Å². The molecule has 2 rings (SSSR count). The standard InChI is InChI=1S/C15H11ClFNO5/c1-2-22-15(19)11-8-10(4-5-13(11)18(20)21)23-14-6-3-9(17)7-12(14)16/h3-8H,2H2,1H3. The summed E-state index contributed by atoms with van der Waals surface area (Å²) in [5.74, 6) is -1.09. The average molecular weight is 340 g/mol. The second-order valence-electron chi connectivity index (χ2n) is 4.33. The third-order valence-electron chi connectivity index (χ3n) is 2.78. The number of ether oxygens (including phenoxy) is 2. The van der Waals surface area contributed by atoms with Crippen LogP contribution in [0.1, 0.15) is 17.3 Å². The Morgan fingerprint density at radius 3 is 2.65 bits per heavy atom. The number of hydrogen-bond acceptors (Lipinski definition) is 5. The quantitative estimate of drug-likeness (QED) is 0.459. The molecular formula is C15H11ClFNO5. The van der Waals surface area contributed by atoms with Crippen LogP contribution in [0, 0.1) is 15.9 Å². The average Bonchev–Trinajstić information content (AvgIpc) is 2.50. The maximum atomic E-state index is 13.0. The van der Waals surface area contributed by atoms with Crippen molar-refractivity contribution < 1.29 is 23.6 Å². The lowest BCUT2D eigenvalue weighted by Crippen LogP contribution is -2.08. The van der Waals surface area contributed by atoms with E-state index in [1.165, 1.54) is 18.2 Å². The van der Waals surface area contributed by atoms with Crippen LogP contribution in [0.2, 0.25) is 5.02 Å². The van der Waals surface area contributed by atoms with Crippen molar-refractivity contribution in [2.45, 2.75) is 6.92 Å². The van der Waals surface area contributed by atoms with Crippen LogP contribution < -0.4 is 4.74 Å². The molecule has 23 heavy (non-hydrogen) atoms. The van der Waals surface area contributed by atoms with Crippen molar-refractivity contribution in [1.29, 1.82) is 0 Å². The van der Waals surface area contributed by atoms with Gasteiger partial charge in [-0.3, -0.25) is 10.1 Å². The maximum Gasteiger partial charge on any atom is 0.345 e. The number of esters is 1. The Balaban J connectivity index is 2.38. The molecule has 0 amide bonds. The topological polar surface area (TPSA) is 78.7 Å². The van der Waals surface area contributed by atoms with Crippen LogP contribution in [-0.2, 0) is 4.74 Å². The third kappa shape index (κ3) is 3.95. The van der Waals surface area contributed by atoms with E-state index in [0.717, 1.165) is 18.2 Å². The highest BCUT2D eigenvalue weighted by atomic mass is 35.5. The van der Waals surface area contributed by atoms with Crippen LogP contribution in [0.25, 0.3) is 0 Å². The van der Waals surface area contributed by atoms with Gasteiger partial charge in [0.15, 0.2) is 0 Å². The number of carbonyl (C=O) groups excluding carboxylic acids is 1. The van der Waals surface area contributed by atoms with E-state index in [9.17, 15) is 19.3 Å². The Hall–Kier alpha value is -2.67. The molecule has 0 unspecified atom stereocenters. The lowest BCUT2D eigenvalue weighted by Gasteiger charge is -2.09. The zero-order chi connectivity index (χ0) is 17.0. The van der Waals surface area contributed by atoms with E-state index < -0.39 is 22.4 Å². The van der Waals surface area contributed by atoms with Gasteiger partial charge in [0.25, 0.3) is 5.69 Å². The molecule has 0 radical (unpaired) electrons. The summed E-state index contributed by atoms with van der Waals surface area (Å²) in [6.45, 7) is 1.66. The van der Waals surface area contributed by atoms with Gasteiger partial charge in [-0.25, -0.2) is 9.18 Å². The molecule has 8 heteroatoms. The van der Waals surface area contributed by atoms with E-state index in [0.29, 0.717) is 0 Å². The summed E-state index contributed by atoms with van der Waals surface area (Å²) in [5.41, 5.74) is -0.645. The van der Waals surface area contributed by atoms with E-state index >= 15 is 0 Å². The van der Waals surface area contributed by atoms with Crippen LogP contribution >= 0.6 is 11.6 Å². The number of hydrogen-bond donors (Lipinski definition) is 0. The van der Waals surface area contributed by atoms with E-state index in [1.807, 2.05) is 0 Å². The summed E-state index contributed by atoms with van der Waals surface area (Å²) in [6, 6.07) is 7.13. The van der Waals surface area contributed by atoms with Crippen LogP contribution in [0.3, 0.4) is 0 Å². The summed E-state index contributed by atoms with van der Waals surface area (Å²) in [7, 11) is 0. The van der Waals surface area contributed by atoms with Crippen molar-refractivity contribution in [2.75, 3.05) is 6.61 Å². The third-order valence-corrected chi connectivity index (χ3v) is 3.08. The number of halogens is 2. The highest BCUT2D eigenvalue weighted by Gasteiger charge is 2.22. The molecule has 0 aromatic heterocycles. The molecule has 120 valence electrons. The van der Waals surface area contributed by atoms with Crippen molar-refractivity contribution in [3.05, 3.63) is 62.9 Å². The first-order valence-electron chi connectivity index (χ1n) is 6.51. The molecule has 0 fully saturated rings. The molecule has 2 aromatic carbocycles. The van der Waals surface area contributed by atoms with Gasteiger partial charge in [0, 0.05) is 12.1 Å². The van der Waals surface area contributed by atoms with Gasteiger partial charge in [-0.05, 0) is 31.2 Å². The Morgan fingerprint density at radius 1 is 1.30 bits per heavy atom. The first-order valence-corrected chi connectivity index (χ1v) is 6.88. The van der Waals surface area contributed by atoms with Crippen molar-refractivity contribution in [1.82, 2.24) is 0 Å². The highest BCUT2D eigenvalue weighted by molar-refractivity contribution is 6.32. The molecule has 0 N–H and O–H groups in total. The van der Waals surface area contributed by atoms with Crippen molar-refractivity contribution in [2.24, 2.45) is 0 Å². The number of nitrogens with zero attached hydrogens (tertiary/aromatic N) is 1. The van der Waals surface area contributed by atoms with Crippen molar-refractivity contribution in [3.63, 3.8) is 0 Å². The molecule has 0 heterocycles.